The van der Waals surface area contributed by atoms with Crippen LogP contribution in [0.15, 0.2) is 42.5 Å². The lowest BCUT2D eigenvalue weighted by Crippen LogP contribution is -2.55. The van der Waals surface area contributed by atoms with Crippen molar-refractivity contribution in [1.29, 1.82) is 0 Å². The molecular formula is C25H33N3O3. The molecule has 2 heterocycles. The van der Waals surface area contributed by atoms with Crippen LogP contribution in [0.3, 0.4) is 0 Å². The molecule has 1 saturated heterocycles. The summed E-state index contributed by atoms with van der Waals surface area (Å²) in [7, 11) is 3.41. The number of para-hydroxylation sites is 3. The van der Waals surface area contributed by atoms with E-state index in [1.54, 1.807) is 21.1 Å². The van der Waals surface area contributed by atoms with Crippen LogP contribution in [0.4, 0.5) is 11.4 Å². The van der Waals surface area contributed by atoms with Crippen LogP contribution in [0, 0.1) is 5.92 Å². The summed E-state index contributed by atoms with van der Waals surface area (Å²) in [6, 6.07) is 14.7. The van der Waals surface area contributed by atoms with E-state index < -0.39 is 0 Å². The second-order valence-corrected chi connectivity index (χ2v) is 8.46. The second kappa shape index (κ2) is 9.18. The second-order valence-electron chi connectivity index (χ2n) is 8.46. The largest absolute Gasteiger partial charge is 0.495 e. The number of benzene rings is 2. The Morgan fingerprint density at radius 1 is 1.06 bits per heavy atom. The molecule has 1 fully saturated rings. The number of nitrogens with zero attached hydrogens (tertiary/aromatic N) is 2. The smallest absolute Gasteiger partial charge is 0.223 e. The molecule has 0 spiro atoms. The zero-order valence-electron chi connectivity index (χ0n) is 18.9. The molecule has 6 nitrogen and oxygen atoms in total. The average Bonchev–Trinajstić information content (AvgIpc) is 2.82. The lowest BCUT2D eigenvalue weighted by molar-refractivity contribution is -0.116. The van der Waals surface area contributed by atoms with Crippen molar-refractivity contribution in [3.63, 3.8) is 0 Å². The van der Waals surface area contributed by atoms with Gasteiger partial charge in [-0.1, -0.05) is 31.2 Å². The van der Waals surface area contributed by atoms with Gasteiger partial charge in [-0.05, 0) is 42.0 Å². The average molecular weight is 424 g/mol. The van der Waals surface area contributed by atoms with Crippen LogP contribution in [-0.4, -0.2) is 52.3 Å². The molecule has 0 bridgehead atoms. The summed E-state index contributed by atoms with van der Waals surface area (Å²) < 4.78 is 11.3. The highest BCUT2D eigenvalue weighted by atomic mass is 16.5. The Labute approximate surface area is 185 Å². The van der Waals surface area contributed by atoms with Crippen molar-refractivity contribution in [2.75, 3.05) is 50.2 Å². The van der Waals surface area contributed by atoms with Crippen molar-refractivity contribution in [1.82, 2.24) is 5.32 Å². The number of anilines is 2. The predicted molar refractivity (Wildman–Crippen MR) is 125 cm³/mol. The molecule has 4 rings (SSSR count). The van der Waals surface area contributed by atoms with E-state index in [-0.39, 0.29) is 5.91 Å². The van der Waals surface area contributed by atoms with Crippen molar-refractivity contribution in [3.8, 4) is 11.5 Å². The van der Waals surface area contributed by atoms with E-state index in [1.807, 2.05) is 29.2 Å². The number of ether oxygens (including phenoxy) is 2. The van der Waals surface area contributed by atoms with Crippen molar-refractivity contribution < 1.29 is 14.3 Å². The maximum Gasteiger partial charge on any atom is 0.223 e. The number of hydrogen-bond donors (Lipinski definition) is 1. The third-order valence-electron chi connectivity index (χ3n) is 6.88. The maximum absolute atomic E-state index is 12.4. The number of nitrogens with one attached hydrogen (secondary N) is 1. The normalized spacial score (nSPS) is 21.9. The number of carbonyl (C=O) groups excluding carboxylic acids is 1. The van der Waals surface area contributed by atoms with Crippen LogP contribution < -0.4 is 24.6 Å². The summed E-state index contributed by atoms with van der Waals surface area (Å²) in [4.78, 5) is 16.7. The van der Waals surface area contributed by atoms with E-state index in [1.165, 1.54) is 5.56 Å². The minimum Gasteiger partial charge on any atom is -0.495 e. The summed E-state index contributed by atoms with van der Waals surface area (Å²) in [6.45, 7) is 7.50. The van der Waals surface area contributed by atoms with Crippen LogP contribution in [0.5, 0.6) is 11.5 Å². The number of amides is 1. The first kappa shape index (κ1) is 21.5. The van der Waals surface area contributed by atoms with Gasteiger partial charge < -0.3 is 24.6 Å². The van der Waals surface area contributed by atoms with Crippen LogP contribution in [0.25, 0.3) is 0 Å². The Kier molecular flexibility index (Phi) is 6.37. The lowest BCUT2D eigenvalue weighted by atomic mass is 9.76. The highest BCUT2D eigenvalue weighted by molar-refractivity contribution is 5.95. The fourth-order valence-corrected chi connectivity index (χ4v) is 5.32. The summed E-state index contributed by atoms with van der Waals surface area (Å²) in [5.74, 6) is 2.45. The highest BCUT2D eigenvalue weighted by Crippen LogP contribution is 2.46. The van der Waals surface area contributed by atoms with Gasteiger partial charge in [-0.25, -0.2) is 0 Å². The molecule has 3 atom stereocenters. The molecular weight excluding hydrogens is 390 g/mol. The minimum atomic E-state index is 0.0619. The Hall–Kier alpha value is -2.73. The third kappa shape index (κ3) is 3.97. The summed E-state index contributed by atoms with van der Waals surface area (Å²) in [6.07, 6.45) is 0.942. The summed E-state index contributed by atoms with van der Waals surface area (Å²) >= 11 is 0. The van der Waals surface area contributed by atoms with E-state index in [2.05, 4.69) is 35.3 Å². The number of carbonyl (C=O) groups is 1. The van der Waals surface area contributed by atoms with Crippen LogP contribution in [-0.2, 0) is 4.79 Å². The molecule has 2 aromatic carbocycles. The Morgan fingerprint density at radius 3 is 2.55 bits per heavy atom. The lowest BCUT2D eigenvalue weighted by Gasteiger charge is -2.46. The van der Waals surface area contributed by atoms with Crippen LogP contribution in [0.2, 0.25) is 0 Å². The summed E-state index contributed by atoms with van der Waals surface area (Å²) in [5.41, 5.74) is 3.29. The van der Waals surface area contributed by atoms with Gasteiger partial charge in [0.05, 0.1) is 25.6 Å². The van der Waals surface area contributed by atoms with Gasteiger partial charge in [-0.3, -0.25) is 4.79 Å². The zero-order valence-corrected chi connectivity index (χ0v) is 18.9. The molecule has 0 aromatic heterocycles. The number of rotatable bonds is 5. The topological polar surface area (TPSA) is 54.0 Å². The summed E-state index contributed by atoms with van der Waals surface area (Å²) in [5, 5.41) is 3.59. The fourth-order valence-electron chi connectivity index (χ4n) is 5.32. The van der Waals surface area contributed by atoms with E-state index in [4.69, 9.17) is 9.47 Å². The van der Waals surface area contributed by atoms with Crippen LogP contribution >= 0.6 is 0 Å². The molecule has 2 aliphatic rings. The molecule has 0 aliphatic carbocycles. The van der Waals surface area contributed by atoms with Gasteiger partial charge >= 0.3 is 0 Å². The first-order chi connectivity index (χ1) is 15.1. The number of methoxy groups -OCH3 is 2. The van der Waals surface area contributed by atoms with Crippen molar-refractivity contribution in [2.45, 2.75) is 32.2 Å². The first-order valence-electron chi connectivity index (χ1n) is 11.1. The number of piperazine rings is 1. The SMILES string of the molecule is COc1ccccc1N1CCNCC1C(C)C1CCN(C(C)=O)c2c(OC)cccc21. The molecule has 2 aliphatic heterocycles. The Morgan fingerprint density at radius 2 is 1.81 bits per heavy atom. The molecule has 166 valence electrons. The third-order valence-corrected chi connectivity index (χ3v) is 6.88. The molecule has 6 heteroatoms. The first-order valence-corrected chi connectivity index (χ1v) is 11.1. The van der Waals surface area contributed by atoms with E-state index >= 15 is 0 Å². The highest BCUT2D eigenvalue weighted by Gasteiger charge is 2.38. The molecule has 1 amide bonds. The van der Waals surface area contributed by atoms with Crippen molar-refractivity contribution in [2.24, 2.45) is 5.92 Å². The molecule has 0 saturated carbocycles. The molecule has 1 N–H and O–H groups in total. The zero-order chi connectivity index (χ0) is 22.0. The van der Waals surface area contributed by atoms with Gasteiger partial charge in [0.15, 0.2) is 0 Å². The van der Waals surface area contributed by atoms with Crippen molar-refractivity contribution >= 4 is 17.3 Å². The van der Waals surface area contributed by atoms with Crippen LogP contribution in [0.1, 0.15) is 31.7 Å². The molecule has 3 unspecified atom stereocenters. The molecule has 2 aromatic rings. The van der Waals surface area contributed by atoms with E-state index in [0.29, 0.717) is 24.4 Å². The van der Waals surface area contributed by atoms with Gasteiger partial charge in [-0.15, -0.1) is 0 Å². The van der Waals surface area contributed by atoms with Gasteiger partial charge in [0, 0.05) is 39.1 Å². The maximum atomic E-state index is 12.4. The predicted octanol–water partition coefficient (Wildman–Crippen LogP) is 3.66. The monoisotopic (exact) mass is 423 g/mol. The number of hydrogen-bond acceptors (Lipinski definition) is 5. The Balaban J connectivity index is 1.70. The molecule has 0 radical (unpaired) electrons. The van der Waals surface area contributed by atoms with Gasteiger partial charge in [0.2, 0.25) is 5.91 Å². The number of fused-ring (bicyclic) bond motifs is 1. The van der Waals surface area contributed by atoms with E-state index in [0.717, 1.165) is 48.9 Å². The molecule has 31 heavy (non-hydrogen) atoms. The van der Waals surface area contributed by atoms with Gasteiger partial charge in [-0.2, -0.15) is 0 Å². The van der Waals surface area contributed by atoms with Gasteiger partial charge in [0.25, 0.3) is 0 Å². The van der Waals surface area contributed by atoms with Crippen molar-refractivity contribution in [3.05, 3.63) is 48.0 Å². The standard InChI is InChI=1S/C25H33N3O3/c1-17(22-16-26-13-15-28(22)21-9-5-6-10-23(21)30-3)19-12-14-27(18(2)29)25-20(19)8-7-11-24(25)31-4/h5-11,17,19,22,26H,12-16H2,1-4H3. The quantitative estimate of drug-likeness (QED) is 0.796. The van der Waals surface area contributed by atoms with Gasteiger partial charge in [0.1, 0.15) is 11.5 Å². The minimum absolute atomic E-state index is 0.0619. The Bertz CT molecular complexity index is 932. The van der Waals surface area contributed by atoms with E-state index in [9.17, 15) is 4.79 Å². The fraction of sp³-hybridized carbons (Fsp3) is 0.480.